The molecule has 4 aromatic rings. The van der Waals surface area contributed by atoms with Crippen molar-refractivity contribution < 1.29 is 27.9 Å². The summed E-state index contributed by atoms with van der Waals surface area (Å²) in [5.74, 6) is -1.34. The van der Waals surface area contributed by atoms with E-state index in [1.54, 1.807) is 18.2 Å². The molecular formula is C29H25ClF3N3O3S. The van der Waals surface area contributed by atoms with Crippen LogP contribution in [0.25, 0.3) is 11.3 Å². The van der Waals surface area contributed by atoms with E-state index < -0.39 is 17.7 Å². The smallest absolute Gasteiger partial charge is 0.416 e. The van der Waals surface area contributed by atoms with E-state index in [0.29, 0.717) is 46.5 Å². The van der Waals surface area contributed by atoms with Gasteiger partial charge in [-0.1, -0.05) is 48.0 Å². The maximum atomic E-state index is 13.0. The van der Waals surface area contributed by atoms with Crippen LogP contribution in [0.1, 0.15) is 33.5 Å². The number of alkyl halides is 3. The Hall–Kier alpha value is -3.89. The molecule has 40 heavy (non-hydrogen) atoms. The first-order chi connectivity index (χ1) is 19.1. The van der Waals surface area contributed by atoms with Crippen LogP contribution in [0.2, 0.25) is 5.02 Å². The highest BCUT2D eigenvalue weighted by atomic mass is 35.5. The molecule has 0 spiro atoms. The molecule has 2 N–H and O–H groups in total. The highest BCUT2D eigenvalue weighted by Crippen LogP contribution is 2.33. The van der Waals surface area contributed by atoms with Crippen LogP contribution in [0.5, 0.6) is 0 Å². The number of thiazole rings is 1. The molecule has 0 aliphatic carbocycles. The summed E-state index contributed by atoms with van der Waals surface area (Å²) in [6.07, 6.45) is -3.88. The zero-order valence-corrected chi connectivity index (χ0v) is 22.7. The Labute approximate surface area is 238 Å². The SMILES string of the molecule is O=C(O)CCNC(=O)c1ccc(CN(CCc2cccc(Cl)c2)c2nc(-c3ccc(C(F)(F)F)cc3)cs2)cc1. The van der Waals surface area contributed by atoms with Crippen LogP contribution in [0.3, 0.4) is 0 Å². The molecule has 4 rings (SSSR count). The summed E-state index contributed by atoms with van der Waals surface area (Å²) in [6, 6.07) is 19.5. The van der Waals surface area contributed by atoms with Crippen molar-refractivity contribution >= 4 is 39.9 Å². The van der Waals surface area contributed by atoms with Gasteiger partial charge in [-0.15, -0.1) is 11.3 Å². The first kappa shape index (κ1) is 29.1. The number of benzene rings is 3. The Bertz CT molecular complexity index is 1460. The van der Waals surface area contributed by atoms with Gasteiger partial charge in [0.1, 0.15) is 0 Å². The van der Waals surface area contributed by atoms with Gasteiger partial charge in [0.25, 0.3) is 5.91 Å². The number of amides is 1. The van der Waals surface area contributed by atoms with Gasteiger partial charge in [-0.2, -0.15) is 13.2 Å². The van der Waals surface area contributed by atoms with E-state index in [4.69, 9.17) is 21.7 Å². The van der Waals surface area contributed by atoms with Crippen LogP contribution in [0, 0.1) is 0 Å². The van der Waals surface area contributed by atoms with Gasteiger partial charge in [0, 0.05) is 41.2 Å². The van der Waals surface area contributed by atoms with Crippen LogP contribution in [-0.2, 0) is 23.9 Å². The molecule has 0 atom stereocenters. The number of hydrogen-bond acceptors (Lipinski definition) is 5. The van der Waals surface area contributed by atoms with E-state index in [2.05, 4.69) is 10.2 Å². The number of carboxylic acids is 1. The van der Waals surface area contributed by atoms with Crippen LogP contribution in [-0.4, -0.2) is 35.1 Å². The standard InChI is InChI=1S/C29H25ClF3N3O3S/c30-24-3-1-2-19(16-24)13-15-36(17-20-4-6-22(7-5-20)27(39)34-14-12-26(37)38)28-35-25(18-40-28)21-8-10-23(11-9-21)29(31,32)33/h1-11,16,18H,12-15,17H2,(H,34,39)(H,37,38). The van der Waals surface area contributed by atoms with Crippen molar-refractivity contribution in [1.29, 1.82) is 0 Å². The number of aromatic nitrogens is 1. The molecule has 0 saturated heterocycles. The Morgan fingerprint density at radius 1 is 1.00 bits per heavy atom. The van der Waals surface area contributed by atoms with Crippen molar-refractivity contribution in [3.8, 4) is 11.3 Å². The number of halogens is 4. The van der Waals surface area contributed by atoms with E-state index in [1.807, 2.05) is 35.7 Å². The van der Waals surface area contributed by atoms with Crippen molar-refractivity contribution in [1.82, 2.24) is 10.3 Å². The Morgan fingerprint density at radius 3 is 2.38 bits per heavy atom. The third-order valence-corrected chi connectivity index (χ3v) is 7.18. The van der Waals surface area contributed by atoms with E-state index in [0.717, 1.165) is 23.3 Å². The molecule has 11 heteroatoms. The quantitative estimate of drug-likeness (QED) is 0.199. The zero-order chi connectivity index (χ0) is 28.7. The Kier molecular flexibility index (Phi) is 9.44. The number of rotatable bonds is 11. The Balaban J connectivity index is 1.51. The second-order valence-electron chi connectivity index (χ2n) is 8.99. The molecular weight excluding hydrogens is 563 g/mol. The summed E-state index contributed by atoms with van der Waals surface area (Å²) >= 11 is 7.54. The molecule has 1 aromatic heterocycles. The minimum atomic E-state index is -4.41. The molecule has 208 valence electrons. The number of aliphatic carboxylic acids is 1. The maximum absolute atomic E-state index is 13.0. The summed E-state index contributed by atoms with van der Waals surface area (Å²) in [7, 11) is 0. The third-order valence-electron chi connectivity index (χ3n) is 6.04. The van der Waals surface area contributed by atoms with E-state index in [9.17, 15) is 22.8 Å². The average molecular weight is 588 g/mol. The third kappa shape index (κ3) is 8.06. The molecule has 6 nitrogen and oxygen atoms in total. The van der Waals surface area contributed by atoms with Gasteiger partial charge in [-0.05, 0) is 53.9 Å². The average Bonchev–Trinajstić information content (AvgIpc) is 3.41. The number of nitrogens with zero attached hydrogens (tertiary/aromatic N) is 2. The first-order valence-electron chi connectivity index (χ1n) is 12.3. The van der Waals surface area contributed by atoms with Crippen molar-refractivity contribution in [2.24, 2.45) is 0 Å². The largest absolute Gasteiger partial charge is 0.481 e. The molecule has 0 unspecified atom stereocenters. The molecule has 0 aliphatic rings. The second-order valence-corrected chi connectivity index (χ2v) is 10.3. The molecule has 0 bridgehead atoms. The Morgan fingerprint density at radius 2 is 1.73 bits per heavy atom. The fourth-order valence-corrected chi connectivity index (χ4v) is 5.01. The predicted molar refractivity (Wildman–Crippen MR) is 150 cm³/mol. The highest BCUT2D eigenvalue weighted by Gasteiger charge is 2.30. The summed E-state index contributed by atoms with van der Waals surface area (Å²) in [5.41, 5.74) is 2.83. The minimum absolute atomic E-state index is 0.0402. The fraction of sp³-hybridized carbons (Fsp3) is 0.207. The van der Waals surface area contributed by atoms with Gasteiger partial charge in [-0.3, -0.25) is 9.59 Å². The number of anilines is 1. The normalized spacial score (nSPS) is 11.3. The molecule has 0 radical (unpaired) electrons. The number of carboxylic acid groups (broad SMARTS) is 1. The van der Waals surface area contributed by atoms with E-state index in [-0.39, 0.29) is 18.9 Å². The number of carbonyl (C=O) groups is 2. The van der Waals surface area contributed by atoms with Crippen LogP contribution >= 0.6 is 22.9 Å². The summed E-state index contributed by atoms with van der Waals surface area (Å²) in [4.78, 5) is 29.7. The lowest BCUT2D eigenvalue weighted by atomic mass is 10.1. The van der Waals surface area contributed by atoms with Gasteiger partial charge in [0.2, 0.25) is 0 Å². The monoisotopic (exact) mass is 587 g/mol. The number of nitrogens with one attached hydrogen (secondary N) is 1. The lowest BCUT2D eigenvalue weighted by Gasteiger charge is -2.22. The molecule has 3 aromatic carbocycles. The minimum Gasteiger partial charge on any atom is -0.481 e. The van der Waals surface area contributed by atoms with Crippen LogP contribution < -0.4 is 10.2 Å². The maximum Gasteiger partial charge on any atom is 0.416 e. The molecule has 0 fully saturated rings. The molecule has 0 aliphatic heterocycles. The van der Waals surface area contributed by atoms with Gasteiger partial charge >= 0.3 is 12.1 Å². The second kappa shape index (κ2) is 13.0. The van der Waals surface area contributed by atoms with Gasteiger partial charge in [0.15, 0.2) is 5.13 Å². The zero-order valence-electron chi connectivity index (χ0n) is 21.1. The molecule has 0 saturated carbocycles. The topological polar surface area (TPSA) is 82.5 Å². The molecule has 1 amide bonds. The fourth-order valence-electron chi connectivity index (χ4n) is 3.94. The van der Waals surface area contributed by atoms with Gasteiger partial charge in [0.05, 0.1) is 17.7 Å². The van der Waals surface area contributed by atoms with E-state index in [1.165, 1.54) is 23.5 Å². The van der Waals surface area contributed by atoms with Crippen LogP contribution in [0.4, 0.5) is 18.3 Å². The van der Waals surface area contributed by atoms with Crippen molar-refractivity contribution in [2.45, 2.75) is 25.6 Å². The van der Waals surface area contributed by atoms with Gasteiger partial charge < -0.3 is 15.3 Å². The van der Waals surface area contributed by atoms with Crippen molar-refractivity contribution in [3.63, 3.8) is 0 Å². The number of hydrogen-bond donors (Lipinski definition) is 2. The van der Waals surface area contributed by atoms with Crippen LogP contribution in [0.15, 0.2) is 78.2 Å². The summed E-state index contributed by atoms with van der Waals surface area (Å²) in [5, 5.41) is 14.5. The summed E-state index contributed by atoms with van der Waals surface area (Å²) in [6.45, 7) is 1.11. The van der Waals surface area contributed by atoms with Crippen molar-refractivity contribution in [2.75, 3.05) is 18.0 Å². The lowest BCUT2D eigenvalue weighted by molar-refractivity contribution is -0.138. The van der Waals surface area contributed by atoms with E-state index >= 15 is 0 Å². The predicted octanol–water partition coefficient (Wildman–Crippen LogP) is 6.94. The number of carbonyl (C=O) groups excluding carboxylic acids is 1. The van der Waals surface area contributed by atoms with Crippen molar-refractivity contribution in [3.05, 3.63) is 105 Å². The highest BCUT2D eigenvalue weighted by molar-refractivity contribution is 7.14. The lowest BCUT2D eigenvalue weighted by Crippen LogP contribution is -2.26. The summed E-state index contributed by atoms with van der Waals surface area (Å²) < 4.78 is 38.9. The first-order valence-corrected chi connectivity index (χ1v) is 13.6. The van der Waals surface area contributed by atoms with Gasteiger partial charge in [-0.25, -0.2) is 4.98 Å². The molecule has 1 heterocycles.